The van der Waals surface area contributed by atoms with Crippen molar-refractivity contribution in [3.05, 3.63) is 40.6 Å². The lowest BCUT2D eigenvalue weighted by atomic mass is 9.90. The summed E-state index contributed by atoms with van der Waals surface area (Å²) in [5.74, 6) is -2.39. The number of benzene rings is 1. The quantitative estimate of drug-likeness (QED) is 0.481. The Morgan fingerprint density at radius 2 is 1.95 bits per heavy atom. The zero-order valence-electron chi connectivity index (χ0n) is 21.8. The molecule has 0 radical (unpaired) electrons. The number of alkyl halides is 3. The van der Waals surface area contributed by atoms with Crippen LogP contribution in [-0.2, 0) is 34.0 Å². The highest BCUT2D eigenvalue weighted by Crippen LogP contribution is 2.39. The van der Waals surface area contributed by atoms with Crippen molar-refractivity contribution < 1.29 is 31.2 Å². The first-order chi connectivity index (χ1) is 18.3. The van der Waals surface area contributed by atoms with Gasteiger partial charge in [0.2, 0.25) is 5.91 Å². The van der Waals surface area contributed by atoms with Gasteiger partial charge in [0.05, 0.1) is 17.7 Å². The molecule has 2 fully saturated rings. The Hall–Kier alpha value is -3.09. The monoisotopic (exact) mass is 567 g/mol. The van der Waals surface area contributed by atoms with Crippen LogP contribution in [0.5, 0.6) is 0 Å². The van der Waals surface area contributed by atoms with E-state index in [9.17, 15) is 31.2 Å². The van der Waals surface area contributed by atoms with Crippen LogP contribution >= 0.6 is 0 Å². The fourth-order valence-corrected chi connectivity index (χ4v) is 5.84. The second kappa shape index (κ2) is 10.1. The minimum absolute atomic E-state index is 0.0678. The van der Waals surface area contributed by atoms with Crippen molar-refractivity contribution in [1.29, 1.82) is 0 Å². The smallest absolute Gasteiger partial charge is 0.370 e. The number of halogens is 3. The third-order valence-corrected chi connectivity index (χ3v) is 8.43. The molecule has 1 aliphatic carbocycles. The molecule has 0 unspecified atom stereocenters. The van der Waals surface area contributed by atoms with Gasteiger partial charge in [0.15, 0.2) is 9.84 Å². The fourth-order valence-electron chi connectivity index (χ4n) is 5.29. The van der Waals surface area contributed by atoms with Gasteiger partial charge in [-0.2, -0.15) is 18.3 Å². The number of hydrogen-bond acceptors (Lipinski definition) is 6. The van der Waals surface area contributed by atoms with Crippen LogP contribution in [0.3, 0.4) is 0 Å². The molecule has 5 rings (SSSR count). The van der Waals surface area contributed by atoms with Crippen molar-refractivity contribution in [2.45, 2.75) is 57.8 Å². The largest absolute Gasteiger partial charge is 0.395 e. The Kier molecular flexibility index (Phi) is 7.15. The van der Waals surface area contributed by atoms with E-state index in [1.165, 1.54) is 0 Å². The molecule has 39 heavy (non-hydrogen) atoms. The van der Waals surface area contributed by atoms with Crippen LogP contribution in [0.2, 0.25) is 0 Å². The second-order valence-electron chi connectivity index (χ2n) is 10.9. The van der Waals surface area contributed by atoms with Crippen LogP contribution < -0.4 is 15.5 Å². The number of hydrogen-bond donors (Lipinski definition) is 2. The van der Waals surface area contributed by atoms with Crippen molar-refractivity contribution in [3.8, 4) is 0 Å². The lowest BCUT2D eigenvalue weighted by molar-refractivity contribution is -0.180. The Labute approximate surface area is 225 Å². The SMILES string of the molecule is CCc1cc(N2CC(C(F)(F)F)C2)ccc1[C@H]1Cc2nn(CCC3CC3)c(NC(=O)CS(C)(=O)=O)c2C(=O)N1. The maximum absolute atomic E-state index is 13.3. The molecule has 0 bridgehead atoms. The number of sulfone groups is 1. The first-order valence-electron chi connectivity index (χ1n) is 13.1. The number of amides is 2. The van der Waals surface area contributed by atoms with E-state index in [-0.39, 0.29) is 24.5 Å². The molecule has 2 aliphatic heterocycles. The molecule has 212 valence electrons. The first kappa shape index (κ1) is 27.5. The van der Waals surface area contributed by atoms with Gasteiger partial charge in [-0.15, -0.1) is 0 Å². The van der Waals surface area contributed by atoms with E-state index in [2.05, 4.69) is 15.7 Å². The van der Waals surface area contributed by atoms with E-state index >= 15 is 0 Å². The molecule has 3 aliphatic rings. The number of aryl methyl sites for hydroxylation is 2. The summed E-state index contributed by atoms with van der Waals surface area (Å²) in [5.41, 5.74) is 3.25. The summed E-state index contributed by atoms with van der Waals surface area (Å²) in [5, 5.41) is 10.3. The fraction of sp³-hybridized carbons (Fsp3) is 0.577. The second-order valence-corrected chi connectivity index (χ2v) is 13.0. The van der Waals surface area contributed by atoms with E-state index in [4.69, 9.17) is 0 Å². The number of nitrogens with one attached hydrogen (secondary N) is 2. The molecule has 3 heterocycles. The Bertz CT molecular complexity index is 1390. The molecule has 2 amide bonds. The molecular formula is C26H32F3N5O4S. The third-order valence-electron chi connectivity index (χ3n) is 7.64. The topological polar surface area (TPSA) is 113 Å². The van der Waals surface area contributed by atoms with Crippen LogP contribution in [0.15, 0.2) is 18.2 Å². The van der Waals surface area contributed by atoms with Gasteiger partial charge in [-0.05, 0) is 42.0 Å². The van der Waals surface area contributed by atoms with Crippen LogP contribution in [0, 0.1) is 11.8 Å². The van der Waals surface area contributed by atoms with Gasteiger partial charge in [0.25, 0.3) is 5.91 Å². The number of anilines is 2. The summed E-state index contributed by atoms with van der Waals surface area (Å²) in [6.07, 6.45) is 0.858. The van der Waals surface area contributed by atoms with Gasteiger partial charge in [0.1, 0.15) is 17.1 Å². The molecule has 1 saturated carbocycles. The van der Waals surface area contributed by atoms with Gasteiger partial charge in [-0.25, -0.2) is 13.1 Å². The number of rotatable bonds is 9. The van der Waals surface area contributed by atoms with Gasteiger partial charge in [-0.1, -0.05) is 25.8 Å². The normalized spacial score (nSPS) is 19.9. The molecule has 2 N–H and O–H groups in total. The Morgan fingerprint density at radius 3 is 2.56 bits per heavy atom. The zero-order valence-corrected chi connectivity index (χ0v) is 22.7. The Morgan fingerprint density at radius 1 is 1.23 bits per heavy atom. The summed E-state index contributed by atoms with van der Waals surface area (Å²) in [6, 6.07) is 5.12. The minimum atomic E-state index is -4.20. The van der Waals surface area contributed by atoms with Crippen LogP contribution in [0.25, 0.3) is 0 Å². The lowest BCUT2D eigenvalue weighted by Gasteiger charge is -2.42. The maximum Gasteiger partial charge on any atom is 0.395 e. The van der Waals surface area contributed by atoms with E-state index in [1.807, 2.05) is 19.1 Å². The summed E-state index contributed by atoms with van der Waals surface area (Å²) in [7, 11) is -3.56. The van der Waals surface area contributed by atoms with Crippen molar-refractivity contribution in [2.24, 2.45) is 11.8 Å². The maximum atomic E-state index is 13.3. The molecule has 9 nitrogen and oxygen atoms in total. The molecule has 13 heteroatoms. The van der Waals surface area contributed by atoms with E-state index < -0.39 is 45.5 Å². The number of carbonyl (C=O) groups is 2. The minimum Gasteiger partial charge on any atom is -0.370 e. The Balaban J connectivity index is 1.38. The van der Waals surface area contributed by atoms with E-state index in [1.54, 1.807) is 15.6 Å². The number of nitrogens with zero attached hydrogens (tertiary/aromatic N) is 3. The standard InChI is InChI=1S/C26H32F3N5O4S/c1-3-16-10-18(33-12-17(13-33)26(27,28)29)6-7-19(16)20-11-21-23(25(36)30-20)24(31-22(35)14-39(2,37)38)34(32-21)9-8-15-4-5-15/h6-7,10,15,17,20H,3-5,8-9,11-14H2,1-2H3,(H,30,36)(H,31,35)/t20-/m1/s1. The lowest BCUT2D eigenvalue weighted by Crippen LogP contribution is -2.53. The predicted molar refractivity (Wildman–Crippen MR) is 139 cm³/mol. The highest BCUT2D eigenvalue weighted by atomic mass is 32.2. The predicted octanol–water partition coefficient (Wildman–Crippen LogP) is 3.25. The zero-order chi connectivity index (χ0) is 28.1. The average Bonchev–Trinajstić information content (AvgIpc) is 3.56. The van der Waals surface area contributed by atoms with E-state index in [0.29, 0.717) is 31.0 Å². The van der Waals surface area contributed by atoms with Gasteiger partial charge in [-0.3, -0.25) is 9.59 Å². The third kappa shape index (κ3) is 6.07. The van der Waals surface area contributed by atoms with Crippen molar-refractivity contribution in [1.82, 2.24) is 15.1 Å². The number of carbonyl (C=O) groups excluding carboxylic acids is 2. The summed E-state index contributed by atoms with van der Waals surface area (Å²) >= 11 is 0. The molecule has 1 saturated heterocycles. The van der Waals surface area contributed by atoms with E-state index in [0.717, 1.165) is 42.3 Å². The van der Waals surface area contributed by atoms with Crippen LogP contribution in [-0.4, -0.2) is 61.3 Å². The first-order valence-corrected chi connectivity index (χ1v) is 15.2. The molecule has 2 aromatic rings. The summed E-state index contributed by atoms with van der Waals surface area (Å²) in [6.45, 7) is 2.31. The summed E-state index contributed by atoms with van der Waals surface area (Å²) < 4.78 is 63.7. The van der Waals surface area contributed by atoms with Gasteiger partial charge >= 0.3 is 6.18 Å². The highest BCUT2D eigenvalue weighted by molar-refractivity contribution is 7.91. The van der Waals surface area contributed by atoms with Crippen LogP contribution in [0.1, 0.15) is 59.4 Å². The highest BCUT2D eigenvalue weighted by Gasteiger charge is 2.47. The molecule has 1 aromatic carbocycles. The molecule has 1 atom stereocenters. The number of fused-ring (bicyclic) bond motifs is 1. The molecule has 0 spiro atoms. The van der Waals surface area contributed by atoms with Gasteiger partial charge in [0, 0.05) is 38.0 Å². The van der Waals surface area contributed by atoms with Crippen LogP contribution in [0.4, 0.5) is 24.7 Å². The molecule has 1 aromatic heterocycles. The average molecular weight is 568 g/mol. The summed E-state index contributed by atoms with van der Waals surface area (Å²) in [4.78, 5) is 27.5. The van der Waals surface area contributed by atoms with Crippen molar-refractivity contribution in [2.75, 3.05) is 35.3 Å². The molecular weight excluding hydrogens is 535 g/mol. The van der Waals surface area contributed by atoms with Crippen molar-refractivity contribution >= 4 is 33.2 Å². The van der Waals surface area contributed by atoms with Gasteiger partial charge < -0.3 is 15.5 Å². The van der Waals surface area contributed by atoms with Crippen molar-refractivity contribution in [3.63, 3.8) is 0 Å². The number of aromatic nitrogens is 2.